The van der Waals surface area contributed by atoms with Crippen LogP contribution in [0.5, 0.6) is 5.75 Å². The van der Waals surface area contributed by atoms with E-state index in [1.807, 2.05) is 6.92 Å². The van der Waals surface area contributed by atoms with Gasteiger partial charge in [0.15, 0.2) is 0 Å². The number of hydrogen-bond acceptors (Lipinski definition) is 5. The molecule has 1 heterocycles. The van der Waals surface area contributed by atoms with Crippen LogP contribution in [0, 0.1) is 0 Å². The largest absolute Gasteiger partial charge is 0.506 e. The lowest BCUT2D eigenvalue weighted by atomic mass is 10.2. The molecule has 2 N–H and O–H groups in total. The van der Waals surface area contributed by atoms with E-state index in [9.17, 15) is 19.5 Å². The molecule has 122 valence electrons. The number of carbonyl (C=O) groups excluding carboxylic acids is 3. The Morgan fingerprint density at radius 1 is 1.43 bits per heavy atom. The molecule has 8 heteroatoms. The van der Waals surface area contributed by atoms with Gasteiger partial charge in [-0.15, -0.1) is 0 Å². The van der Waals surface area contributed by atoms with Crippen LogP contribution in [0.3, 0.4) is 0 Å². The molecule has 3 amide bonds. The topological polar surface area (TPSA) is 86.7 Å². The van der Waals surface area contributed by atoms with Crippen molar-refractivity contribution in [3.05, 3.63) is 33.7 Å². The first-order chi connectivity index (χ1) is 10.9. The molecule has 0 spiro atoms. The lowest BCUT2D eigenvalue weighted by molar-refractivity contribution is -0.129. The first-order valence-electron chi connectivity index (χ1n) is 6.93. The summed E-state index contributed by atoms with van der Waals surface area (Å²) in [7, 11) is 0. The van der Waals surface area contributed by atoms with Gasteiger partial charge in [0.2, 0.25) is 5.91 Å². The minimum atomic E-state index is -0.518. The van der Waals surface area contributed by atoms with Crippen LogP contribution in [0.15, 0.2) is 23.1 Å². The van der Waals surface area contributed by atoms with E-state index in [0.29, 0.717) is 12.1 Å². The first kappa shape index (κ1) is 17.4. The van der Waals surface area contributed by atoms with E-state index < -0.39 is 11.1 Å². The minimum Gasteiger partial charge on any atom is -0.506 e. The zero-order chi connectivity index (χ0) is 17.0. The number of benzene rings is 1. The van der Waals surface area contributed by atoms with Crippen LogP contribution >= 0.6 is 23.4 Å². The number of thioether (sulfide) groups is 1. The Morgan fingerprint density at radius 2 is 2.17 bits per heavy atom. The van der Waals surface area contributed by atoms with Gasteiger partial charge in [0.25, 0.3) is 11.1 Å². The number of amides is 3. The Kier molecular flexibility index (Phi) is 5.68. The highest BCUT2D eigenvalue weighted by Crippen LogP contribution is 2.33. The van der Waals surface area contributed by atoms with Crippen LogP contribution in [0.4, 0.5) is 4.79 Å². The van der Waals surface area contributed by atoms with E-state index in [-0.39, 0.29) is 28.1 Å². The molecule has 1 saturated heterocycles. The molecule has 1 aromatic carbocycles. The van der Waals surface area contributed by atoms with E-state index in [4.69, 9.17) is 11.6 Å². The molecule has 1 fully saturated rings. The molecule has 0 saturated carbocycles. The molecule has 0 bridgehead atoms. The molecule has 0 atom stereocenters. The highest BCUT2D eigenvalue weighted by Gasteiger charge is 2.36. The maximum atomic E-state index is 12.2. The van der Waals surface area contributed by atoms with Crippen LogP contribution in [0.2, 0.25) is 5.02 Å². The summed E-state index contributed by atoms with van der Waals surface area (Å²) in [6, 6.07) is 4.46. The molecule has 1 aromatic rings. The summed E-state index contributed by atoms with van der Waals surface area (Å²) in [6.07, 6.45) is 2.27. The van der Waals surface area contributed by atoms with Gasteiger partial charge in [0.05, 0.1) is 9.93 Å². The summed E-state index contributed by atoms with van der Waals surface area (Å²) < 4.78 is 0. The van der Waals surface area contributed by atoms with Crippen molar-refractivity contribution in [1.82, 2.24) is 10.2 Å². The second kappa shape index (κ2) is 7.52. The predicted molar refractivity (Wildman–Crippen MR) is 89.1 cm³/mol. The number of phenolic OH excluding ortho intramolecular Hbond substituents is 1. The lowest BCUT2D eigenvalue weighted by Gasteiger charge is -2.11. The fourth-order valence-corrected chi connectivity index (χ4v) is 2.89. The third-order valence-electron chi connectivity index (χ3n) is 3.02. The second-order valence-corrected chi connectivity index (χ2v) is 6.23. The highest BCUT2D eigenvalue weighted by molar-refractivity contribution is 8.18. The molecule has 0 aromatic heterocycles. The number of aromatic hydroxyl groups is 1. The summed E-state index contributed by atoms with van der Waals surface area (Å²) in [5, 5.41) is 11.7. The van der Waals surface area contributed by atoms with Gasteiger partial charge in [-0.25, -0.2) is 0 Å². The third kappa shape index (κ3) is 4.27. The van der Waals surface area contributed by atoms with Crippen molar-refractivity contribution < 1.29 is 19.5 Å². The van der Waals surface area contributed by atoms with Crippen LogP contribution in [-0.4, -0.2) is 40.1 Å². The molecular weight excluding hydrogens is 340 g/mol. The van der Waals surface area contributed by atoms with Crippen molar-refractivity contribution in [3.63, 3.8) is 0 Å². The van der Waals surface area contributed by atoms with Crippen molar-refractivity contribution in [2.45, 2.75) is 13.3 Å². The number of phenols is 1. The van der Waals surface area contributed by atoms with Gasteiger partial charge in [0.1, 0.15) is 12.3 Å². The normalized spacial score (nSPS) is 16.3. The molecule has 0 radical (unpaired) electrons. The summed E-state index contributed by atoms with van der Waals surface area (Å²) >= 11 is 6.57. The van der Waals surface area contributed by atoms with Crippen molar-refractivity contribution in [3.8, 4) is 5.75 Å². The van der Waals surface area contributed by atoms with Crippen molar-refractivity contribution >= 4 is 46.5 Å². The average Bonchev–Trinajstić information content (AvgIpc) is 2.76. The summed E-state index contributed by atoms with van der Waals surface area (Å²) in [4.78, 5) is 36.9. The minimum absolute atomic E-state index is 0.0653. The number of halogens is 1. The van der Waals surface area contributed by atoms with Gasteiger partial charge in [-0.05, 0) is 42.0 Å². The Labute approximate surface area is 142 Å². The standard InChI is InChI=1S/C15H15ClN2O4S/c1-2-5-17-13(20)8-18-14(21)12(23-15(18)22)7-9-3-4-11(19)10(16)6-9/h3-4,6-7,19H,2,5,8H2,1H3,(H,17,20)/b12-7-. The number of carbonyl (C=O) groups is 3. The Bertz CT molecular complexity index is 690. The van der Waals surface area contributed by atoms with Crippen LogP contribution < -0.4 is 5.32 Å². The SMILES string of the molecule is CCCNC(=O)CN1C(=O)S/C(=C\c2ccc(O)c(Cl)c2)C1=O. The van der Waals surface area contributed by atoms with Gasteiger partial charge in [0, 0.05) is 6.54 Å². The van der Waals surface area contributed by atoms with Crippen molar-refractivity contribution in [2.24, 2.45) is 0 Å². The van der Waals surface area contributed by atoms with Crippen LogP contribution in [0.25, 0.3) is 6.08 Å². The number of rotatable bonds is 5. The molecule has 0 aliphatic carbocycles. The molecule has 6 nitrogen and oxygen atoms in total. The second-order valence-electron chi connectivity index (χ2n) is 4.83. The maximum Gasteiger partial charge on any atom is 0.294 e. The Balaban J connectivity index is 2.12. The predicted octanol–water partition coefficient (Wildman–Crippen LogP) is 2.61. The van der Waals surface area contributed by atoms with E-state index in [1.165, 1.54) is 18.2 Å². The summed E-state index contributed by atoms with van der Waals surface area (Å²) in [6.45, 7) is 2.11. The molecule has 1 aliphatic heterocycles. The summed E-state index contributed by atoms with van der Waals surface area (Å²) in [5.41, 5.74) is 0.578. The Morgan fingerprint density at radius 3 is 2.83 bits per heavy atom. The van der Waals surface area contributed by atoms with E-state index >= 15 is 0 Å². The van der Waals surface area contributed by atoms with Crippen LogP contribution in [0.1, 0.15) is 18.9 Å². The van der Waals surface area contributed by atoms with Gasteiger partial charge >= 0.3 is 0 Å². The summed E-state index contributed by atoms with van der Waals surface area (Å²) in [5.74, 6) is -0.955. The van der Waals surface area contributed by atoms with Gasteiger partial charge in [-0.3, -0.25) is 19.3 Å². The maximum absolute atomic E-state index is 12.2. The zero-order valence-electron chi connectivity index (χ0n) is 12.3. The first-order valence-corrected chi connectivity index (χ1v) is 8.12. The monoisotopic (exact) mass is 354 g/mol. The molecule has 1 aliphatic rings. The van der Waals surface area contributed by atoms with Crippen molar-refractivity contribution in [1.29, 1.82) is 0 Å². The third-order valence-corrected chi connectivity index (χ3v) is 4.23. The molecule has 2 rings (SSSR count). The van der Waals surface area contributed by atoms with E-state index in [1.54, 1.807) is 6.07 Å². The zero-order valence-corrected chi connectivity index (χ0v) is 13.9. The van der Waals surface area contributed by atoms with Gasteiger partial charge in [-0.2, -0.15) is 0 Å². The van der Waals surface area contributed by atoms with E-state index in [0.717, 1.165) is 23.1 Å². The fourth-order valence-electron chi connectivity index (χ4n) is 1.86. The average molecular weight is 355 g/mol. The molecule has 23 heavy (non-hydrogen) atoms. The number of hydrogen-bond donors (Lipinski definition) is 2. The smallest absolute Gasteiger partial charge is 0.294 e. The molecular formula is C15H15ClN2O4S. The fraction of sp³-hybridized carbons (Fsp3) is 0.267. The molecule has 0 unspecified atom stereocenters. The highest BCUT2D eigenvalue weighted by atomic mass is 35.5. The van der Waals surface area contributed by atoms with Gasteiger partial charge < -0.3 is 10.4 Å². The Hall–Kier alpha value is -1.99. The number of imide groups is 1. The van der Waals surface area contributed by atoms with Gasteiger partial charge in [-0.1, -0.05) is 24.6 Å². The number of nitrogens with one attached hydrogen (secondary N) is 1. The lowest BCUT2D eigenvalue weighted by Crippen LogP contribution is -2.39. The van der Waals surface area contributed by atoms with Crippen LogP contribution in [-0.2, 0) is 9.59 Å². The quantitative estimate of drug-likeness (QED) is 0.794. The number of nitrogens with zero attached hydrogens (tertiary/aromatic N) is 1. The van der Waals surface area contributed by atoms with Crippen molar-refractivity contribution in [2.75, 3.05) is 13.1 Å². The van der Waals surface area contributed by atoms with E-state index in [2.05, 4.69) is 5.32 Å².